The van der Waals surface area contributed by atoms with Gasteiger partial charge in [0, 0.05) is 24.6 Å². The van der Waals surface area contributed by atoms with E-state index in [1.807, 2.05) is 0 Å². The zero-order valence-corrected chi connectivity index (χ0v) is 14.8. The van der Waals surface area contributed by atoms with Crippen LogP contribution in [-0.2, 0) is 14.4 Å². The van der Waals surface area contributed by atoms with Gasteiger partial charge in [-0.25, -0.2) is 0 Å². The van der Waals surface area contributed by atoms with Crippen LogP contribution in [0.5, 0.6) is 11.5 Å². The van der Waals surface area contributed by atoms with Crippen LogP contribution in [0.15, 0.2) is 29.5 Å². The van der Waals surface area contributed by atoms with E-state index in [4.69, 9.17) is 14.6 Å². The number of aliphatic carboxylic acids is 1. The molecular formula is C18H21NO7. The summed E-state index contributed by atoms with van der Waals surface area (Å²) in [4.78, 5) is 36.6. The molecule has 2 N–H and O–H groups in total. The normalized spacial score (nSPS) is 16.8. The number of amides is 1. The minimum Gasteiger partial charge on any atom is -0.503 e. The highest BCUT2D eigenvalue weighted by molar-refractivity contribution is 6.08. The number of carboxylic acid groups (broad SMARTS) is 1. The summed E-state index contributed by atoms with van der Waals surface area (Å²) in [5.74, 6) is -1.83. The van der Waals surface area contributed by atoms with Crippen LogP contribution in [0.1, 0.15) is 31.4 Å². The van der Waals surface area contributed by atoms with Gasteiger partial charge in [-0.05, 0) is 25.5 Å². The second-order valence-corrected chi connectivity index (χ2v) is 5.82. The number of carbonyl (C=O) groups excluding carboxylic acids is 2. The molecule has 140 valence electrons. The fourth-order valence-corrected chi connectivity index (χ4v) is 3.01. The van der Waals surface area contributed by atoms with E-state index in [1.165, 1.54) is 26.0 Å². The van der Waals surface area contributed by atoms with Crippen LogP contribution in [0.4, 0.5) is 0 Å². The predicted octanol–water partition coefficient (Wildman–Crippen LogP) is 1.85. The average molecular weight is 363 g/mol. The van der Waals surface area contributed by atoms with Crippen LogP contribution >= 0.6 is 0 Å². The minimum atomic E-state index is -0.987. The lowest BCUT2D eigenvalue weighted by Crippen LogP contribution is -2.32. The van der Waals surface area contributed by atoms with Gasteiger partial charge in [-0.15, -0.1) is 0 Å². The number of hydrogen-bond acceptors (Lipinski definition) is 6. The molecule has 26 heavy (non-hydrogen) atoms. The maximum Gasteiger partial charge on any atom is 0.303 e. The van der Waals surface area contributed by atoms with Crippen molar-refractivity contribution in [3.05, 3.63) is 35.1 Å². The molecule has 1 aliphatic rings. The summed E-state index contributed by atoms with van der Waals surface area (Å²) in [6.07, 6.45) is 0.0565. The van der Waals surface area contributed by atoms with Crippen molar-refractivity contribution in [2.45, 2.75) is 25.8 Å². The Bertz CT molecular complexity index is 769. The van der Waals surface area contributed by atoms with E-state index in [1.54, 1.807) is 18.2 Å². The highest BCUT2D eigenvalue weighted by Gasteiger charge is 2.43. The Labute approximate surface area is 150 Å². The lowest BCUT2D eigenvalue weighted by molar-refractivity contribution is -0.138. The SMILES string of the molecule is COc1ccc([C@H]2C(C(C)=O)=C(O)C(=O)N2CCCC(=O)O)c(OC)c1. The van der Waals surface area contributed by atoms with Gasteiger partial charge in [-0.2, -0.15) is 0 Å². The van der Waals surface area contributed by atoms with Crippen LogP contribution in [0.2, 0.25) is 0 Å². The quantitative estimate of drug-likeness (QED) is 0.724. The molecule has 1 aromatic rings. The summed E-state index contributed by atoms with van der Waals surface area (Å²) in [5, 5.41) is 19.0. The molecule has 8 heteroatoms. The smallest absolute Gasteiger partial charge is 0.303 e. The van der Waals surface area contributed by atoms with E-state index < -0.39 is 29.5 Å². The number of hydrogen-bond donors (Lipinski definition) is 2. The lowest BCUT2D eigenvalue weighted by atomic mass is 9.95. The van der Waals surface area contributed by atoms with Crippen LogP contribution < -0.4 is 9.47 Å². The van der Waals surface area contributed by atoms with E-state index in [2.05, 4.69) is 0 Å². The summed E-state index contributed by atoms with van der Waals surface area (Å²) in [6, 6.07) is 4.07. The second-order valence-electron chi connectivity index (χ2n) is 5.82. The molecule has 0 radical (unpaired) electrons. The standard InChI is InChI=1S/C18H21NO7/c1-10(20)15-16(12-7-6-11(25-2)9-13(12)26-3)19(18(24)17(15)23)8-4-5-14(21)22/h6-7,9,16,23H,4-5,8H2,1-3H3,(H,21,22)/t16-/m0/s1. The van der Waals surface area contributed by atoms with Gasteiger partial charge in [0.1, 0.15) is 11.5 Å². The molecule has 0 bridgehead atoms. The van der Waals surface area contributed by atoms with Gasteiger partial charge in [0.05, 0.1) is 25.8 Å². The zero-order valence-electron chi connectivity index (χ0n) is 14.8. The molecule has 1 aliphatic heterocycles. The monoisotopic (exact) mass is 363 g/mol. The van der Waals surface area contributed by atoms with Crippen molar-refractivity contribution >= 4 is 17.7 Å². The third-order valence-electron chi connectivity index (χ3n) is 4.21. The van der Waals surface area contributed by atoms with E-state index in [-0.39, 0.29) is 25.0 Å². The molecule has 0 saturated carbocycles. The number of rotatable bonds is 8. The van der Waals surface area contributed by atoms with Gasteiger partial charge >= 0.3 is 5.97 Å². The number of methoxy groups -OCH3 is 2. The molecule has 0 unspecified atom stereocenters. The van der Waals surface area contributed by atoms with E-state index >= 15 is 0 Å². The van der Waals surface area contributed by atoms with Gasteiger partial charge in [0.15, 0.2) is 11.5 Å². The van der Waals surface area contributed by atoms with Crippen molar-refractivity contribution in [1.29, 1.82) is 0 Å². The van der Waals surface area contributed by atoms with Crippen LogP contribution in [0.25, 0.3) is 0 Å². The molecule has 1 heterocycles. The van der Waals surface area contributed by atoms with Crippen molar-refractivity contribution < 1.29 is 34.1 Å². The van der Waals surface area contributed by atoms with Crippen molar-refractivity contribution in [3.8, 4) is 11.5 Å². The molecule has 8 nitrogen and oxygen atoms in total. The van der Waals surface area contributed by atoms with Crippen molar-refractivity contribution in [3.63, 3.8) is 0 Å². The molecule has 0 spiro atoms. The number of benzene rings is 1. The lowest BCUT2D eigenvalue weighted by Gasteiger charge is -2.27. The first-order chi connectivity index (χ1) is 12.3. The Kier molecular flexibility index (Phi) is 5.86. The van der Waals surface area contributed by atoms with Gasteiger partial charge in [-0.1, -0.05) is 0 Å². The fraction of sp³-hybridized carbons (Fsp3) is 0.389. The van der Waals surface area contributed by atoms with E-state index in [9.17, 15) is 19.5 Å². The minimum absolute atomic E-state index is 0.0335. The first-order valence-electron chi connectivity index (χ1n) is 8.00. The van der Waals surface area contributed by atoms with Crippen LogP contribution in [0.3, 0.4) is 0 Å². The third-order valence-corrected chi connectivity index (χ3v) is 4.21. The summed E-state index contributed by atoms with van der Waals surface area (Å²) in [5.41, 5.74) is 0.472. The fourth-order valence-electron chi connectivity index (χ4n) is 3.01. The zero-order chi connectivity index (χ0) is 19.4. The largest absolute Gasteiger partial charge is 0.503 e. The molecule has 0 saturated heterocycles. The molecule has 1 atom stereocenters. The molecule has 0 aliphatic carbocycles. The van der Waals surface area contributed by atoms with Crippen molar-refractivity contribution in [2.24, 2.45) is 0 Å². The average Bonchev–Trinajstić information content (AvgIpc) is 2.85. The predicted molar refractivity (Wildman–Crippen MR) is 91.2 cm³/mol. The Morgan fingerprint density at radius 2 is 1.92 bits per heavy atom. The third kappa shape index (κ3) is 3.63. The number of Topliss-reactive ketones (excluding diaryl/α,β-unsaturated/α-hetero) is 1. The van der Waals surface area contributed by atoms with Crippen LogP contribution in [0, 0.1) is 0 Å². The summed E-state index contributed by atoms with van der Waals surface area (Å²) >= 11 is 0. The molecule has 1 amide bonds. The number of nitrogens with zero attached hydrogens (tertiary/aromatic N) is 1. The molecule has 2 rings (SSSR count). The number of aliphatic hydroxyl groups excluding tert-OH is 1. The Hall–Kier alpha value is -3.03. The van der Waals surface area contributed by atoms with Crippen molar-refractivity contribution in [1.82, 2.24) is 4.90 Å². The Morgan fingerprint density at radius 1 is 1.23 bits per heavy atom. The van der Waals surface area contributed by atoms with Gasteiger partial charge in [0.2, 0.25) is 0 Å². The topological polar surface area (TPSA) is 113 Å². The molecule has 0 aromatic heterocycles. The maximum absolute atomic E-state index is 12.5. The molecule has 1 aromatic carbocycles. The number of ketones is 1. The van der Waals surface area contributed by atoms with Crippen LogP contribution in [-0.4, -0.2) is 53.5 Å². The second kappa shape index (κ2) is 7.90. The number of carboxylic acids is 1. The number of aliphatic hydroxyl groups is 1. The number of ether oxygens (including phenoxy) is 2. The summed E-state index contributed by atoms with van der Waals surface area (Å²) < 4.78 is 10.5. The van der Waals surface area contributed by atoms with Gasteiger partial charge in [-0.3, -0.25) is 14.4 Å². The highest BCUT2D eigenvalue weighted by Crippen LogP contribution is 2.42. The molecule has 0 fully saturated rings. The first kappa shape index (κ1) is 19.3. The van der Waals surface area contributed by atoms with Gasteiger partial charge < -0.3 is 24.6 Å². The summed E-state index contributed by atoms with van der Waals surface area (Å²) in [6.45, 7) is 1.34. The van der Waals surface area contributed by atoms with Crippen molar-refractivity contribution in [2.75, 3.05) is 20.8 Å². The molecular weight excluding hydrogens is 342 g/mol. The number of carbonyl (C=O) groups is 3. The highest BCUT2D eigenvalue weighted by atomic mass is 16.5. The summed E-state index contributed by atoms with van der Waals surface area (Å²) in [7, 11) is 2.94. The van der Waals surface area contributed by atoms with E-state index in [0.717, 1.165) is 0 Å². The Balaban J connectivity index is 2.49. The maximum atomic E-state index is 12.5. The Morgan fingerprint density at radius 3 is 2.46 bits per heavy atom. The first-order valence-corrected chi connectivity index (χ1v) is 8.00. The van der Waals surface area contributed by atoms with Gasteiger partial charge in [0.25, 0.3) is 5.91 Å². The van der Waals surface area contributed by atoms with E-state index in [0.29, 0.717) is 17.1 Å².